The van der Waals surface area contributed by atoms with Gasteiger partial charge in [-0.3, -0.25) is 4.79 Å². The number of nitrogens with one attached hydrogen (secondary N) is 1. The van der Waals surface area contributed by atoms with Crippen LogP contribution in [0, 0.1) is 11.3 Å². The number of amides is 1. The van der Waals surface area contributed by atoms with Crippen molar-refractivity contribution < 1.29 is 9.21 Å². The van der Waals surface area contributed by atoms with E-state index in [4.69, 9.17) is 21.3 Å². The maximum atomic E-state index is 12.1. The highest BCUT2D eigenvalue weighted by Crippen LogP contribution is 2.24. The summed E-state index contributed by atoms with van der Waals surface area (Å²) in [7, 11) is 1.80. The van der Waals surface area contributed by atoms with E-state index in [-0.39, 0.29) is 11.7 Å². The molecule has 1 N–H and O–H groups in total. The highest BCUT2D eigenvalue weighted by atomic mass is 35.5. The number of nitrogens with zero attached hydrogens (tertiary/aromatic N) is 4. The Balaban J connectivity index is 1.61. The van der Waals surface area contributed by atoms with Gasteiger partial charge in [0.25, 0.3) is 0 Å². The van der Waals surface area contributed by atoms with Gasteiger partial charge < -0.3 is 14.3 Å². The molecule has 0 unspecified atom stereocenters. The average Bonchev–Trinajstić information content (AvgIpc) is 3.23. The van der Waals surface area contributed by atoms with Crippen molar-refractivity contribution in [3.8, 4) is 17.7 Å². The fourth-order valence-corrected chi connectivity index (χ4v) is 3.01. The summed E-state index contributed by atoms with van der Waals surface area (Å²) in [5.74, 6) is 1.14. The molecule has 0 spiro atoms. The summed E-state index contributed by atoms with van der Waals surface area (Å²) in [5.41, 5.74) is 0.891. The van der Waals surface area contributed by atoms with Gasteiger partial charge in [0, 0.05) is 12.7 Å². The Kier molecular flexibility index (Phi) is 5.07. The number of aromatic nitrogens is 3. The maximum absolute atomic E-state index is 12.1. The number of hydrogen-bond acceptors (Lipinski definition) is 6. The fourth-order valence-electron chi connectivity index (χ4n) is 2.07. The number of halogens is 1. The number of thioether (sulfide) groups is 1. The monoisotopic (exact) mass is 373 g/mol. The van der Waals surface area contributed by atoms with Gasteiger partial charge in [-0.15, -0.1) is 10.2 Å². The molecule has 1 aromatic carbocycles. The molecule has 0 aliphatic heterocycles. The van der Waals surface area contributed by atoms with E-state index in [0.29, 0.717) is 33.0 Å². The molecular weight excluding hydrogens is 362 g/mol. The van der Waals surface area contributed by atoms with Crippen LogP contribution >= 0.6 is 23.4 Å². The second kappa shape index (κ2) is 7.42. The second-order valence-corrected chi connectivity index (χ2v) is 6.34. The summed E-state index contributed by atoms with van der Waals surface area (Å²) >= 11 is 7.20. The SMILES string of the molecule is Cn1c(SCC(=O)Nc2ccc(C#N)c(Cl)c2)nnc1-c1ccco1. The van der Waals surface area contributed by atoms with Crippen LogP contribution in [0.2, 0.25) is 5.02 Å². The highest BCUT2D eigenvalue weighted by Gasteiger charge is 2.14. The van der Waals surface area contributed by atoms with E-state index in [1.165, 1.54) is 11.8 Å². The van der Waals surface area contributed by atoms with E-state index in [1.807, 2.05) is 6.07 Å². The number of hydrogen-bond donors (Lipinski definition) is 1. The number of benzene rings is 1. The largest absolute Gasteiger partial charge is 0.461 e. The lowest BCUT2D eigenvalue weighted by Gasteiger charge is -2.06. The van der Waals surface area contributed by atoms with Gasteiger partial charge in [-0.25, -0.2) is 0 Å². The molecule has 0 saturated carbocycles. The van der Waals surface area contributed by atoms with Crippen LogP contribution in [0.25, 0.3) is 11.6 Å². The normalized spacial score (nSPS) is 10.4. The zero-order valence-corrected chi connectivity index (χ0v) is 14.6. The Morgan fingerprint density at radius 1 is 1.44 bits per heavy atom. The predicted octanol–water partition coefficient (Wildman–Crippen LogP) is 3.33. The van der Waals surface area contributed by atoms with E-state index >= 15 is 0 Å². The van der Waals surface area contributed by atoms with Gasteiger partial charge in [0.05, 0.1) is 22.6 Å². The smallest absolute Gasteiger partial charge is 0.234 e. The number of carbonyl (C=O) groups excluding carboxylic acids is 1. The first kappa shape index (κ1) is 17.1. The van der Waals surface area contributed by atoms with Crippen LogP contribution in [-0.4, -0.2) is 26.4 Å². The zero-order valence-electron chi connectivity index (χ0n) is 13.1. The van der Waals surface area contributed by atoms with Crippen LogP contribution < -0.4 is 5.32 Å². The standard InChI is InChI=1S/C16H12ClN5O2S/c1-22-15(13-3-2-6-24-13)20-21-16(22)25-9-14(23)19-11-5-4-10(8-18)12(17)7-11/h2-7H,9H2,1H3,(H,19,23). The van der Waals surface area contributed by atoms with Gasteiger partial charge >= 0.3 is 0 Å². The Labute approximate surface area is 152 Å². The highest BCUT2D eigenvalue weighted by molar-refractivity contribution is 7.99. The van der Waals surface area contributed by atoms with Crippen molar-refractivity contribution in [3.63, 3.8) is 0 Å². The lowest BCUT2D eigenvalue weighted by molar-refractivity contribution is -0.113. The number of anilines is 1. The molecule has 3 aromatic rings. The zero-order chi connectivity index (χ0) is 17.8. The first-order valence-corrected chi connectivity index (χ1v) is 8.50. The van der Waals surface area contributed by atoms with Gasteiger partial charge in [-0.1, -0.05) is 23.4 Å². The molecule has 0 fully saturated rings. The fraction of sp³-hybridized carbons (Fsp3) is 0.125. The lowest BCUT2D eigenvalue weighted by atomic mass is 10.2. The first-order valence-electron chi connectivity index (χ1n) is 7.14. The molecule has 0 saturated heterocycles. The number of carbonyl (C=O) groups is 1. The Hall–Kier alpha value is -2.76. The van der Waals surface area contributed by atoms with Gasteiger partial charge in [-0.2, -0.15) is 5.26 Å². The number of nitriles is 1. The minimum absolute atomic E-state index is 0.155. The molecule has 7 nitrogen and oxygen atoms in total. The van der Waals surface area contributed by atoms with Crippen molar-refractivity contribution in [3.05, 3.63) is 47.2 Å². The predicted molar refractivity (Wildman–Crippen MR) is 94.2 cm³/mol. The molecule has 126 valence electrons. The molecule has 0 aliphatic carbocycles. The molecule has 0 radical (unpaired) electrons. The lowest BCUT2D eigenvalue weighted by Crippen LogP contribution is -2.14. The third-order valence-corrected chi connectivity index (χ3v) is 4.62. The van der Waals surface area contributed by atoms with Crippen LogP contribution in [0.3, 0.4) is 0 Å². The van der Waals surface area contributed by atoms with Gasteiger partial charge in [0.1, 0.15) is 6.07 Å². The van der Waals surface area contributed by atoms with Crippen molar-refractivity contribution in [1.29, 1.82) is 5.26 Å². The van der Waals surface area contributed by atoms with Crippen molar-refractivity contribution in [1.82, 2.24) is 14.8 Å². The second-order valence-electron chi connectivity index (χ2n) is 4.99. The van der Waals surface area contributed by atoms with E-state index in [1.54, 1.807) is 48.2 Å². The summed E-state index contributed by atoms with van der Waals surface area (Å²) in [6, 6.07) is 10.3. The number of rotatable bonds is 5. The molecule has 2 aromatic heterocycles. The molecule has 25 heavy (non-hydrogen) atoms. The van der Waals surface area contributed by atoms with Crippen molar-refractivity contribution in [2.45, 2.75) is 5.16 Å². The molecule has 0 bridgehead atoms. The van der Waals surface area contributed by atoms with Crippen molar-refractivity contribution in [2.75, 3.05) is 11.1 Å². The van der Waals surface area contributed by atoms with E-state index < -0.39 is 0 Å². The summed E-state index contributed by atoms with van der Waals surface area (Å²) < 4.78 is 7.06. The summed E-state index contributed by atoms with van der Waals surface area (Å²) in [6.07, 6.45) is 1.56. The topological polar surface area (TPSA) is 96.7 Å². The van der Waals surface area contributed by atoms with Crippen LogP contribution in [0.4, 0.5) is 5.69 Å². The molecule has 2 heterocycles. The van der Waals surface area contributed by atoms with Crippen LogP contribution in [-0.2, 0) is 11.8 Å². The third kappa shape index (κ3) is 3.84. The van der Waals surface area contributed by atoms with Crippen LogP contribution in [0.15, 0.2) is 46.2 Å². The molecule has 9 heteroatoms. The average molecular weight is 374 g/mol. The van der Waals surface area contributed by atoms with Gasteiger partial charge in [0.2, 0.25) is 5.91 Å². The molecule has 0 aliphatic rings. The number of furan rings is 1. The van der Waals surface area contributed by atoms with Crippen molar-refractivity contribution >= 4 is 35.0 Å². The van der Waals surface area contributed by atoms with Gasteiger partial charge in [-0.05, 0) is 30.3 Å². The summed E-state index contributed by atoms with van der Waals surface area (Å²) in [5, 5.41) is 20.6. The molecule has 1 amide bonds. The first-order chi connectivity index (χ1) is 12.1. The Bertz CT molecular complexity index is 946. The third-order valence-electron chi connectivity index (χ3n) is 3.28. The Morgan fingerprint density at radius 3 is 2.96 bits per heavy atom. The summed E-state index contributed by atoms with van der Waals surface area (Å²) in [4.78, 5) is 12.1. The van der Waals surface area contributed by atoms with Crippen molar-refractivity contribution in [2.24, 2.45) is 7.05 Å². The van der Waals surface area contributed by atoms with Crippen LogP contribution in [0.5, 0.6) is 0 Å². The van der Waals surface area contributed by atoms with E-state index in [2.05, 4.69) is 15.5 Å². The minimum atomic E-state index is -0.215. The molecular formula is C16H12ClN5O2S. The quantitative estimate of drug-likeness (QED) is 0.689. The Morgan fingerprint density at radius 2 is 2.28 bits per heavy atom. The van der Waals surface area contributed by atoms with Crippen LogP contribution in [0.1, 0.15) is 5.56 Å². The minimum Gasteiger partial charge on any atom is -0.461 e. The molecule has 0 atom stereocenters. The van der Waals surface area contributed by atoms with Gasteiger partial charge in [0.15, 0.2) is 16.7 Å². The summed E-state index contributed by atoms with van der Waals surface area (Å²) in [6.45, 7) is 0. The van der Waals surface area contributed by atoms with E-state index in [0.717, 1.165) is 0 Å². The molecule has 3 rings (SSSR count). The maximum Gasteiger partial charge on any atom is 0.234 e. The van der Waals surface area contributed by atoms with E-state index in [9.17, 15) is 4.79 Å².